The second kappa shape index (κ2) is 5.61. The minimum atomic E-state index is -0.206. The molecule has 2 aliphatic heterocycles. The highest BCUT2D eigenvalue weighted by Crippen LogP contribution is 2.24. The second-order valence-corrected chi connectivity index (χ2v) is 4.98. The molecule has 0 radical (unpaired) electrons. The Kier molecular flexibility index (Phi) is 3.69. The molecule has 1 fully saturated rings. The van der Waals surface area contributed by atoms with Gasteiger partial charge in [0.15, 0.2) is 0 Å². The van der Waals surface area contributed by atoms with Crippen molar-refractivity contribution in [3.05, 3.63) is 23.3 Å². The largest absolute Gasteiger partial charge is 0.314 e. The zero-order valence-corrected chi connectivity index (χ0v) is 10.8. The highest BCUT2D eigenvalue weighted by Gasteiger charge is 2.29. The van der Waals surface area contributed by atoms with Gasteiger partial charge in [-0.3, -0.25) is 0 Å². The number of nitriles is 1. The van der Waals surface area contributed by atoms with Crippen molar-refractivity contribution in [2.75, 3.05) is 26.2 Å². The predicted molar refractivity (Wildman–Crippen MR) is 70.5 cm³/mol. The van der Waals surface area contributed by atoms with E-state index in [1.807, 2.05) is 0 Å². The molecule has 0 spiro atoms. The molecule has 0 saturated carbocycles. The van der Waals surface area contributed by atoms with Gasteiger partial charge < -0.3 is 16.0 Å². The first-order valence-electron chi connectivity index (χ1n) is 6.77. The van der Waals surface area contributed by atoms with Gasteiger partial charge in [-0.1, -0.05) is 0 Å². The average molecular weight is 258 g/mol. The van der Waals surface area contributed by atoms with Crippen LogP contribution >= 0.6 is 0 Å². The molecule has 0 aliphatic carbocycles. The van der Waals surface area contributed by atoms with Gasteiger partial charge in [0.05, 0.1) is 17.5 Å². The number of hydrogen-bond acceptors (Lipinski definition) is 6. The Bertz CT molecular complexity index is 488. The smallest absolute Gasteiger partial charge is 0.116 e. The SMILES string of the molecule is N#CC(c1ncnc2c1CCNC2)C1CNCCN1. The molecule has 2 unspecified atom stereocenters. The monoisotopic (exact) mass is 258 g/mol. The Balaban J connectivity index is 1.93. The fourth-order valence-electron chi connectivity index (χ4n) is 2.83. The second-order valence-electron chi connectivity index (χ2n) is 4.98. The molecule has 3 heterocycles. The van der Waals surface area contributed by atoms with Crippen molar-refractivity contribution in [3.63, 3.8) is 0 Å². The van der Waals surface area contributed by atoms with Crippen LogP contribution in [0.25, 0.3) is 0 Å². The van der Waals surface area contributed by atoms with E-state index in [2.05, 4.69) is 32.0 Å². The summed E-state index contributed by atoms with van der Waals surface area (Å²) in [5.41, 5.74) is 3.12. The van der Waals surface area contributed by atoms with E-state index in [0.717, 1.165) is 50.5 Å². The molecule has 1 aromatic heterocycles. The van der Waals surface area contributed by atoms with Gasteiger partial charge in [0.25, 0.3) is 0 Å². The fourth-order valence-corrected chi connectivity index (χ4v) is 2.83. The lowest BCUT2D eigenvalue weighted by atomic mass is 9.90. The maximum Gasteiger partial charge on any atom is 0.116 e. The van der Waals surface area contributed by atoms with Crippen LogP contribution in [0.5, 0.6) is 0 Å². The van der Waals surface area contributed by atoms with E-state index in [1.54, 1.807) is 6.33 Å². The number of rotatable bonds is 2. The Morgan fingerprint density at radius 3 is 3.00 bits per heavy atom. The van der Waals surface area contributed by atoms with Crippen molar-refractivity contribution in [3.8, 4) is 6.07 Å². The summed E-state index contributed by atoms with van der Waals surface area (Å²) in [4.78, 5) is 8.73. The maximum atomic E-state index is 9.54. The number of nitrogens with zero attached hydrogens (tertiary/aromatic N) is 3. The van der Waals surface area contributed by atoms with Gasteiger partial charge in [-0.25, -0.2) is 9.97 Å². The Morgan fingerprint density at radius 2 is 2.21 bits per heavy atom. The normalized spacial score (nSPS) is 24.3. The molecule has 1 saturated heterocycles. The summed E-state index contributed by atoms with van der Waals surface area (Å²) >= 11 is 0. The molecule has 3 N–H and O–H groups in total. The highest BCUT2D eigenvalue weighted by molar-refractivity contribution is 5.34. The lowest BCUT2D eigenvalue weighted by Crippen LogP contribution is -2.51. The van der Waals surface area contributed by atoms with Crippen LogP contribution in [0.3, 0.4) is 0 Å². The number of aromatic nitrogens is 2. The van der Waals surface area contributed by atoms with E-state index >= 15 is 0 Å². The molecule has 100 valence electrons. The summed E-state index contributed by atoms with van der Waals surface area (Å²) in [5.74, 6) is -0.206. The van der Waals surface area contributed by atoms with E-state index in [9.17, 15) is 5.26 Å². The fraction of sp³-hybridized carbons (Fsp3) is 0.615. The quantitative estimate of drug-likeness (QED) is 0.650. The lowest BCUT2D eigenvalue weighted by Gasteiger charge is -2.29. The van der Waals surface area contributed by atoms with Gasteiger partial charge in [0.1, 0.15) is 12.2 Å². The molecular weight excluding hydrogens is 240 g/mol. The van der Waals surface area contributed by atoms with E-state index in [-0.39, 0.29) is 12.0 Å². The Morgan fingerprint density at radius 1 is 1.26 bits per heavy atom. The Hall–Kier alpha value is -1.55. The molecule has 0 bridgehead atoms. The van der Waals surface area contributed by atoms with Gasteiger partial charge >= 0.3 is 0 Å². The van der Waals surface area contributed by atoms with Crippen LogP contribution in [0.15, 0.2) is 6.33 Å². The summed E-state index contributed by atoms with van der Waals surface area (Å²) in [7, 11) is 0. The van der Waals surface area contributed by atoms with E-state index in [4.69, 9.17) is 0 Å². The summed E-state index contributed by atoms with van der Waals surface area (Å²) in [6.45, 7) is 4.38. The van der Waals surface area contributed by atoms with Crippen LogP contribution < -0.4 is 16.0 Å². The molecule has 2 atom stereocenters. The van der Waals surface area contributed by atoms with Crippen molar-refractivity contribution >= 4 is 0 Å². The zero-order valence-electron chi connectivity index (χ0n) is 10.8. The molecule has 6 heteroatoms. The highest BCUT2D eigenvalue weighted by atomic mass is 15.1. The first kappa shape index (κ1) is 12.5. The zero-order chi connectivity index (χ0) is 13.1. The summed E-state index contributed by atoms with van der Waals surface area (Å²) < 4.78 is 0. The van der Waals surface area contributed by atoms with Gasteiger partial charge in [-0.2, -0.15) is 5.26 Å². The number of nitrogens with one attached hydrogen (secondary N) is 3. The number of piperazine rings is 1. The van der Waals surface area contributed by atoms with Gasteiger partial charge in [-0.15, -0.1) is 0 Å². The van der Waals surface area contributed by atoms with Crippen LogP contribution in [0, 0.1) is 11.3 Å². The summed E-state index contributed by atoms with van der Waals surface area (Å²) in [5, 5.41) is 19.6. The molecular formula is C13H18N6. The van der Waals surface area contributed by atoms with Crippen LogP contribution in [-0.4, -0.2) is 42.2 Å². The van der Waals surface area contributed by atoms with Crippen molar-refractivity contribution in [1.29, 1.82) is 5.26 Å². The third-order valence-corrected chi connectivity index (χ3v) is 3.82. The lowest BCUT2D eigenvalue weighted by molar-refractivity contribution is 0.392. The average Bonchev–Trinajstić information content (AvgIpc) is 2.49. The van der Waals surface area contributed by atoms with E-state index in [1.165, 1.54) is 5.56 Å². The van der Waals surface area contributed by atoms with Gasteiger partial charge in [0, 0.05) is 32.2 Å². The Labute approximate surface area is 112 Å². The maximum absolute atomic E-state index is 9.54. The molecule has 0 amide bonds. The molecule has 2 aliphatic rings. The molecule has 6 nitrogen and oxygen atoms in total. The topological polar surface area (TPSA) is 85.7 Å². The van der Waals surface area contributed by atoms with Gasteiger partial charge in [-0.05, 0) is 18.5 Å². The predicted octanol–water partition coefficient (Wildman–Crippen LogP) is -0.709. The minimum absolute atomic E-state index is 0.132. The summed E-state index contributed by atoms with van der Waals surface area (Å²) in [6, 6.07) is 2.56. The van der Waals surface area contributed by atoms with E-state index < -0.39 is 0 Å². The van der Waals surface area contributed by atoms with Crippen molar-refractivity contribution in [2.24, 2.45) is 0 Å². The van der Waals surface area contributed by atoms with Crippen LogP contribution in [0.1, 0.15) is 22.9 Å². The van der Waals surface area contributed by atoms with Crippen molar-refractivity contribution in [2.45, 2.75) is 24.9 Å². The first-order valence-corrected chi connectivity index (χ1v) is 6.77. The van der Waals surface area contributed by atoms with Crippen LogP contribution in [-0.2, 0) is 13.0 Å². The summed E-state index contributed by atoms with van der Waals surface area (Å²) in [6.07, 6.45) is 2.49. The number of hydrogen-bond donors (Lipinski definition) is 3. The first-order chi connectivity index (χ1) is 9.40. The van der Waals surface area contributed by atoms with E-state index in [0.29, 0.717) is 0 Å². The van der Waals surface area contributed by atoms with Crippen LogP contribution in [0.4, 0.5) is 0 Å². The van der Waals surface area contributed by atoms with Gasteiger partial charge in [0.2, 0.25) is 0 Å². The molecule has 0 aromatic carbocycles. The third kappa shape index (κ3) is 2.45. The molecule has 1 aromatic rings. The standard InChI is InChI=1S/C13H18N6/c14-5-10(12-7-16-3-4-17-12)13-9-1-2-15-6-11(9)18-8-19-13/h8,10,12,15-17H,1-4,6-7H2. The van der Waals surface area contributed by atoms with Crippen molar-refractivity contribution in [1.82, 2.24) is 25.9 Å². The third-order valence-electron chi connectivity index (χ3n) is 3.82. The molecule has 3 rings (SSSR count). The number of fused-ring (bicyclic) bond motifs is 1. The molecule has 19 heavy (non-hydrogen) atoms. The minimum Gasteiger partial charge on any atom is -0.314 e. The van der Waals surface area contributed by atoms with Crippen LogP contribution in [0.2, 0.25) is 0 Å². The van der Waals surface area contributed by atoms with Crippen molar-refractivity contribution < 1.29 is 0 Å².